The highest BCUT2D eigenvalue weighted by molar-refractivity contribution is 7.99. The number of aromatic nitrogens is 2. The van der Waals surface area contributed by atoms with Gasteiger partial charge in [-0.3, -0.25) is 4.79 Å². The fourth-order valence-electron chi connectivity index (χ4n) is 1.94. The second-order valence-corrected chi connectivity index (χ2v) is 7.58. The third-order valence-corrected chi connectivity index (χ3v) is 4.98. The number of anilines is 1. The largest absolute Gasteiger partial charge is 0.411 e. The minimum absolute atomic E-state index is 0.0392. The Kier molecular flexibility index (Phi) is 6.32. The summed E-state index contributed by atoms with van der Waals surface area (Å²) in [6, 6.07) is 9.97. The standard InChI is InChI=1S/C16H9Cl4N3O2S/c17-9-3-1-8(2-4-9)15-22-23-16(25-15)26-7-13(24)21-14-11(19)5-10(18)6-12(14)20/h1-6H,7H2,(H,21,24). The summed E-state index contributed by atoms with van der Waals surface area (Å²) >= 11 is 24.9. The third kappa shape index (κ3) is 4.84. The Hall–Kier alpha value is -1.44. The first-order valence-electron chi connectivity index (χ1n) is 7.09. The van der Waals surface area contributed by atoms with E-state index in [0.717, 1.165) is 17.3 Å². The zero-order chi connectivity index (χ0) is 18.7. The van der Waals surface area contributed by atoms with Crippen LogP contribution in [0.3, 0.4) is 0 Å². The van der Waals surface area contributed by atoms with E-state index >= 15 is 0 Å². The van der Waals surface area contributed by atoms with Crippen molar-refractivity contribution in [3.8, 4) is 11.5 Å². The summed E-state index contributed by atoms with van der Waals surface area (Å²) in [5.74, 6) is 0.0538. The molecule has 1 N–H and O–H groups in total. The number of nitrogens with zero attached hydrogens (tertiary/aromatic N) is 2. The molecule has 0 aliphatic heterocycles. The predicted octanol–water partition coefficient (Wildman–Crippen LogP) is 6.08. The Balaban J connectivity index is 1.61. The Labute approximate surface area is 173 Å². The predicted molar refractivity (Wildman–Crippen MR) is 106 cm³/mol. The van der Waals surface area contributed by atoms with Gasteiger partial charge in [-0.1, -0.05) is 58.2 Å². The van der Waals surface area contributed by atoms with Crippen molar-refractivity contribution >= 4 is 69.8 Å². The quantitative estimate of drug-likeness (QED) is 0.479. The lowest BCUT2D eigenvalue weighted by Crippen LogP contribution is -2.14. The van der Waals surface area contributed by atoms with E-state index in [4.69, 9.17) is 50.8 Å². The topological polar surface area (TPSA) is 68.0 Å². The van der Waals surface area contributed by atoms with Crippen LogP contribution in [0.4, 0.5) is 5.69 Å². The molecule has 3 rings (SSSR count). The van der Waals surface area contributed by atoms with Crippen LogP contribution in [0.5, 0.6) is 0 Å². The summed E-state index contributed by atoms with van der Waals surface area (Å²) in [6.45, 7) is 0. The average molecular weight is 449 g/mol. The van der Waals surface area contributed by atoms with Crippen molar-refractivity contribution in [3.63, 3.8) is 0 Å². The Morgan fingerprint density at radius 1 is 1.00 bits per heavy atom. The van der Waals surface area contributed by atoms with Crippen LogP contribution in [0.1, 0.15) is 0 Å². The third-order valence-electron chi connectivity index (χ3n) is 3.10. The fraction of sp³-hybridized carbons (Fsp3) is 0.0625. The number of rotatable bonds is 5. The molecular formula is C16H9Cl4N3O2S. The number of nitrogens with one attached hydrogen (secondary N) is 1. The molecule has 0 bridgehead atoms. The SMILES string of the molecule is O=C(CSc1nnc(-c2ccc(Cl)cc2)o1)Nc1c(Cl)cc(Cl)cc1Cl. The number of carbonyl (C=O) groups excluding carboxylic acids is 1. The molecule has 1 aromatic heterocycles. The second kappa shape index (κ2) is 8.50. The molecule has 0 atom stereocenters. The van der Waals surface area contributed by atoms with Gasteiger partial charge in [-0.25, -0.2) is 0 Å². The van der Waals surface area contributed by atoms with E-state index in [1.807, 2.05) is 0 Å². The number of thioether (sulfide) groups is 1. The highest BCUT2D eigenvalue weighted by Crippen LogP contribution is 2.34. The van der Waals surface area contributed by atoms with E-state index < -0.39 is 0 Å². The summed E-state index contributed by atoms with van der Waals surface area (Å²) in [4.78, 5) is 12.1. The molecule has 134 valence electrons. The zero-order valence-electron chi connectivity index (χ0n) is 12.8. The number of amides is 1. The van der Waals surface area contributed by atoms with Gasteiger partial charge < -0.3 is 9.73 Å². The van der Waals surface area contributed by atoms with E-state index in [9.17, 15) is 4.79 Å². The molecule has 26 heavy (non-hydrogen) atoms. The lowest BCUT2D eigenvalue weighted by Gasteiger charge is -2.09. The van der Waals surface area contributed by atoms with E-state index in [1.165, 1.54) is 12.1 Å². The zero-order valence-corrected chi connectivity index (χ0v) is 16.6. The van der Waals surface area contributed by atoms with E-state index in [2.05, 4.69) is 15.5 Å². The van der Waals surface area contributed by atoms with Crippen LogP contribution in [0.25, 0.3) is 11.5 Å². The van der Waals surface area contributed by atoms with Crippen LogP contribution in [-0.2, 0) is 4.79 Å². The van der Waals surface area contributed by atoms with Crippen LogP contribution in [-0.4, -0.2) is 21.9 Å². The number of hydrogen-bond donors (Lipinski definition) is 1. The Morgan fingerprint density at radius 2 is 1.65 bits per heavy atom. The maximum atomic E-state index is 12.1. The monoisotopic (exact) mass is 447 g/mol. The van der Waals surface area contributed by atoms with E-state index in [1.54, 1.807) is 24.3 Å². The van der Waals surface area contributed by atoms with Crippen LogP contribution >= 0.6 is 58.2 Å². The Bertz CT molecular complexity index is 924. The molecule has 0 fully saturated rings. The smallest absolute Gasteiger partial charge is 0.277 e. The van der Waals surface area contributed by atoms with Gasteiger partial charge in [0.05, 0.1) is 21.5 Å². The molecule has 0 saturated carbocycles. The summed E-state index contributed by atoms with van der Waals surface area (Å²) in [5.41, 5.74) is 1.04. The lowest BCUT2D eigenvalue weighted by atomic mass is 10.2. The first-order valence-corrected chi connectivity index (χ1v) is 9.59. The number of carbonyl (C=O) groups is 1. The van der Waals surface area contributed by atoms with Crippen molar-refractivity contribution in [2.24, 2.45) is 0 Å². The second-order valence-electron chi connectivity index (χ2n) is 4.96. The van der Waals surface area contributed by atoms with Gasteiger partial charge in [-0.05, 0) is 36.4 Å². The van der Waals surface area contributed by atoms with Gasteiger partial charge in [-0.15, -0.1) is 10.2 Å². The van der Waals surface area contributed by atoms with Gasteiger partial charge in [0.2, 0.25) is 11.8 Å². The van der Waals surface area contributed by atoms with E-state index in [-0.39, 0.29) is 26.9 Å². The molecule has 2 aromatic carbocycles. The fourth-order valence-corrected chi connectivity index (χ4v) is 3.54. The highest BCUT2D eigenvalue weighted by Gasteiger charge is 2.14. The molecule has 0 unspecified atom stereocenters. The summed E-state index contributed by atoms with van der Waals surface area (Å²) in [5, 5.41) is 12.2. The van der Waals surface area contributed by atoms with Gasteiger partial charge in [-0.2, -0.15) is 0 Å². The van der Waals surface area contributed by atoms with Gasteiger partial charge in [0, 0.05) is 15.6 Å². The molecule has 10 heteroatoms. The number of halogens is 4. The number of benzene rings is 2. The first kappa shape index (κ1) is 19.3. The molecule has 0 aliphatic carbocycles. The molecule has 5 nitrogen and oxygen atoms in total. The maximum Gasteiger partial charge on any atom is 0.277 e. The minimum Gasteiger partial charge on any atom is -0.411 e. The van der Waals surface area contributed by atoms with Gasteiger partial charge in [0.1, 0.15) is 0 Å². The first-order chi connectivity index (χ1) is 12.4. The van der Waals surface area contributed by atoms with E-state index in [0.29, 0.717) is 21.6 Å². The summed E-state index contributed by atoms with van der Waals surface area (Å²) in [6.07, 6.45) is 0. The van der Waals surface area contributed by atoms with Crippen molar-refractivity contribution in [1.82, 2.24) is 10.2 Å². The lowest BCUT2D eigenvalue weighted by molar-refractivity contribution is -0.113. The Morgan fingerprint density at radius 3 is 2.31 bits per heavy atom. The molecule has 0 spiro atoms. The number of hydrogen-bond acceptors (Lipinski definition) is 5. The van der Waals surface area contributed by atoms with Crippen molar-refractivity contribution in [2.75, 3.05) is 11.1 Å². The molecular weight excluding hydrogens is 440 g/mol. The summed E-state index contributed by atoms with van der Waals surface area (Å²) < 4.78 is 5.52. The van der Waals surface area contributed by atoms with Crippen molar-refractivity contribution in [2.45, 2.75) is 5.22 Å². The van der Waals surface area contributed by atoms with Crippen LogP contribution < -0.4 is 5.32 Å². The molecule has 0 saturated heterocycles. The highest BCUT2D eigenvalue weighted by atomic mass is 35.5. The maximum absolute atomic E-state index is 12.1. The average Bonchev–Trinajstić information content (AvgIpc) is 3.06. The van der Waals surface area contributed by atoms with Crippen LogP contribution in [0.2, 0.25) is 20.1 Å². The van der Waals surface area contributed by atoms with Crippen molar-refractivity contribution < 1.29 is 9.21 Å². The molecule has 0 radical (unpaired) electrons. The minimum atomic E-state index is -0.327. The van der Waals surface area contributed by atoms with Crippen LogP contribution in [0, 0.1) is 0 Å². The van der Waals surface area contributed by atoms with Crippen LogP contribution in [0.15, 0.2) is 46.0 Å². The van der Waals surface area contributed by atoms with Gasteiger partial charge in [0.15, 0.2) is 0 Å². The van der Waals surface area contributed by atoms with Gasteiger partial charge >= 0.3 is 0 Å². The molecule has 0 aliphatic rings. The summed E-state index contributed by atoms with van der Waals surface area (Å²) in [7, 11) is 0. The normalized spacial score (nSPS) is 10.8. The van der Waals surface area contributed by atoms with Crippen molar-refractivity contribution in [3.05, 3.63) is 56.5 Å². The molecule has 3 aromatic rings. The van der Waals surface area contributed by atoms with Gasteiger partial charge in [0.25, 0.3) is 5.22 Å². The molecule has 1 heterocycles. The van der Waals surface area contributed by atoms with Crippen molar-refractivity contribution in [1.29, 1.82) is 0 Å². The molecule has 1 amide bonds.